The standard InChI is InChI=1S/C11H10BrFN2O4/c12-8-2-1-6(13)3-7(8)11(18)19-5-10(17)15-4-9(14)16/h1-3H,4-5H2,(H2,14,16)(H,15,17). The second kappa shape index (κ2) is 6.83. The molecule has 2 amide bonds. The van der Waals surface area contributed by atoms with E-state index in [2.05, 4.69) is 26.0 Å². The molecular formula is C11H10BrFN2O4. The number of nitrogens with two attached hydrogens (primary N) is 1. The fraction of sp³-hybridized carbons (Fsp3) is 0.182. The lowest BCUT2D eigenvalue weighted by atomic mass is 10.2. The number of ether oxygens (including phenoxy) is 1. The minimum absolute atomic E-state index is 0.0392. The molecular weight excluding hydrogens is 323 g/mol. The van der Waals surface area contributed by atoms with Gasteiger partial charge in [0, 0.05) is 4.47 Å². The van der Waals surface area contributed by atoms with E-state index in [4.69, 9.17) is 5.73 Å². The van der Waals surface area contributed by atoms with Gasteiger partial charge in [0.15, 0.2) is 6.61 Å². The van der Waals surface area contributed by atoms with E-state index in [9.17, 15) is 18.8 Å². The second-order valence-electron chi connectivity index (χ2n) is 3.44. The Balaban J connectivity index is 2.53. The van der Waals surface area contributed by atoms with E-state index in [0.29, 0.717) is 4.47 Å². The van der Waals surface area contributed by atoms with E-state index in [-0.39, 0.29) is 12.1 Å². The van der Waals surface area contributed by atoms with Crippen LogP contribution in [0.25, 0.3) is 0 Å². The summed E-state index contributed by atoms with van der Waals surface area (Å²) in [4.78, 5) is 33.1. The third-order valence-corrected chi connectivity index (χ3v) is 2.63. The number of carbonyl (C=O) groups is 3. The summed E-state index contributed by atoms with van der Waals surface area (Å²) in [5.41, 5.74) is 4.78. The number of carbonyl (C=O) groups excluding carboxylic acids is 3. The van der Waals surface area contributed by atoms with Crippen LogP contribution < -0.4 is 11.1 Å². The van der Waals surface area contributed by atoms with Crippen molar-refractivity contribution in [1.29, 1.82) is 0 Å². The summed E-state index contributed by atoms with van der Waals surface area (Å²) in [6, 6.07) is 3.49. The number of halogens is 2. The highest BCUT2D eigenvalue weighted by Crippen LogP contribution is 2.18. The van der Waals surface area contributed by atoms with Gasteiger partial charge in [-0.25, -0.2) is 9.18 Å². The Morgan fingerprint density at radius 3 is 2.68 bits per heavy atom. The lowest BCUT2D eigenvalue weighted by Crippen LogP contribution is -2.36. The Hall–Kier alpha value is -1.96. The summed E-state index contributed by atoms with van der Waals surface area (Å²) in [6.07, 6.45) is 0. The van der Waals surface area contributed by atoms with Crippen molar-refractivity contribution in [3.05, 3.63) is 34.1 Å². The fourth-order valence-corrected chi connectivity index (χ4v) is 1.51. The zero-order valence-electron chi connectivity index (χ0n) is 9.61. The molecule has 8 heteroatoms. The molecule has 0 aliphatic rings. The summed E-state index contributed by atoms with van der Waals surface area (Å²) in [7, 11) is 0. The summed E-state index contributed by atoms with van der Waals surface area (Å²) in [6.45, 7) is -0.935. The normalized spacial score (nSPS) is 9.79. The molecule has 0 fully saturated rings. The number of primary amides is 1. The van der Waals surface area contributed by atoms with E-state index >= 15 is 0 Å². The average Bonchev–Trinajstić information content (AvgIpc) is 2.36. The Labute approximate surface area is 116 Å². The molecule has 6 nitrogen and oxygen atoms in total. The second-order valence-corrected chi connectivity index (χ2v) is 4.30. The van der Waals surface area contributed by atoms with Crippen molar-refractivity contribution in [1.82, 2.24) is 5.32 Å². The van der Waals surface area contributed by atoms with E-state index < -0.39 is 30.2 Å². The molecule has 1 aromatic carbocycles. The first-order valence-corrected chi connectivity index (χ1v) is 5.86. The number of amides is 2. The monoisotopic (exact) mass is 332 g/mol. The molecule has 1 rings (SSSR count). The minimum Gasteiger partial charge on any atom is -0.452 e. The maximum Gasteiger partial charge on any atom is 0.339 e. The molecule has 3 N–H and O–H groups in total. The highest BCUT2D eigenvalue weighted by molar-refractivity contribution is 9.10. The van der Waals surface area contributed by atoms with Crippen LogP contribution in [0.2, 0.25) is 0 Å². The van der Waals surface area contributed by atoms with Gasteiger partial charge in [-0.1, -0.05) is 0 Å². The molecule has 102 valence electrons. The van der Waals surface area contributed by atoms with Crippen molar-refractivity contribution in [2.75, 3.05) is 13.2 Å². The Morgan fingerprint density at radius 2 is 2.05 bits per heavy atom. The van der Waals surface area contributed by atoms with Gasteiger partial charge in [0.25, 0.3) is 5.91 Å². The van der Waals surface area contributed by atoms with E-state index in [1.54, 1.807) is 0 Å². The largest absolute Gasteiger partial charge is 0.452 e. The molecule has 0 unspecified atom stereocenters. The van der Waals surface area contributed by atoms with E-state index in [0.717, 1.165) is 6.07 Å². The number of rotatable bonds is 5. The van der Waals surface area contributed by atoms with Crippen LogP contribution in [0.1, 0.15) is 10.4 Å². The Morgan fingerprint density at radius 1 is 1.37 bits per heavy atom. The molecule has 0 aliphatic heterocycles. The number of esters is 1. The number of benzene rings is 1. The van der Waals surface area contributed by atoms with Crippen molar-refractivity contribution < 1.29 is 23.5 Å². The van der Waals surface area contributed by atoms with Crippen LogP contribution in [0.4, 0.5) is 4.39 Å². The quantitative estimate of drug-likeness (QED) is 0.760. The van der Waals surface area contributed by atoms with Crippen LogP contribution in [-0.4, -0.2) is 30.9 Å². The van der Waals surface area contributed by atoms with Crippen LogP contribution in [-0.2, 0) is 14.3 Å². The van der Waals surface area contributed by atoms with E-state index in [1.807, 2.05) is 0 Å². The minimum atomic E-state index is -0.861. The van der Waals surface area contributed by atoms with Crippen molar-refractivity contribution in [2.24, 2.45) is 5.73 Å². The Kier molecular flexibility index (Phi) is 5.43. The fourth-order valence-electron chi connectivity index (χ4n) is 1.10. The zero-order valence-corrected chi connectivity index (χ0v) is 11.2. The van der Waals surface area contributed by atoms with Crippen LogP contribution in [0.15, 0.2) is 22.7 Å². The van der Waals surface area contributed by atoms with Gasteiger partial charge in [-0.2, -0.15) is 0 Å². The first-order valence-electron chi connectivity index (χ1n) is 5.07. The molecule has 0 saturated carbocycles. The van der Waals surface area contributed by atoms with E-state index in [1.165, 1.54) is 12.1 Å². The predicted molar refractivity (Wildman–Crippen MR) is 66.6 cm³/mol. The molecule has 0 aromatic heterocycles. The third-order valence-electron chi connectivity index (χ3n) is 1.94. The number of hydrogen-bond acceptors (Lipinski definition) is 4. The first kappa shape index (κ1) is 15.1. The van der Waals surface area contributed by atoms with Gasteiger partial charge < -0.3 is 15.8 Å². The van der Waals surface area contributed by atoms with Gasteiger partial charge in [0.2, 0.25) is 5.91 Å². The summed E-state index contributed by atoms with van der Waals surface area (Å²) < 4.78 is 18.0. The van der Waals surface area contributed by atoms with Crippen LogP contribution in [0.3, 0.4) is 0 Å². The maximum absolute atomic E-state index is 13.0. The van der Waals surface area contributed by atoms with Crippen LogP contribution in [0.5, 0.6) is 0 Å². The first-order chi connectivity index (χ1) is 8.90. The predicted octanol–water partition coefficient (Wildman–Crippen LogP) is 0.347. The highest BCUT2D eigenvalue weighted by Gasteiger charge is 2.14. The van der Waals surface area contributed by atoms with Gasteiger partial charge in [-0.05, 0) is 34.1 Å². The summed E-state index contributed by atoms with van der Waals surface area (Å²) in [5.74, 6) is -2.86. The summed E-state index contributed by atoms with van der Waals surface area (Å²) in [5, 5.41) is 2.14. The molecule has 0 bridgehead atoms. The molecule has 0 saturated heterocycles. The van der Waals surface area contributed by atoms with Crippen molar-refractivity contribution in [3.63, 3.8) is 0 Å². The molecule has 0 spiro atoms. The zero-order chi connectivity index (χ0) is 14.4. The summed E-state index contributed by atoms with van der Waals surface area (Å²) >= 11 is 3.06. The lowest BCUT2D eigenvalue weighted by molar-refractivity contribution is -0.127. The van der Waals surface area contributed by atoms with Gasteiger partial charge >= 0.3 is 5.97 Å². The average molecular weight is 333 g/mol. The van der Waals surface area contributed by atoms with Crippen molar-refractivity contribution in [3.8, 4) is 0 Å². The maximum atomic E-state index is 13.0. The highest BCUT2D eigenvalue weighted by atomic mass is 79.9. The Bertz CT molecular complexity index is 521. The third kappa shape index (κ3) is 5.04. The van der Waals surface area contributed by atoms with Crippen LogP contribution >= 0.6 is 15.9 Å². The molecule has 19 heavy (non-hydrogen) atoms. The lowest BCUT2D eigenvalue weighted by Gasteiger charge is -2.06. The van der Waals surface area contributed by atoms with Gasteiger partial charge in [0.1, 0.15) is 5.82 Å². The van der Waals surface area contributed by atoms with Crippen molar-refractivity contribution in [2.45, 2.75) is 0 Å². The van der Waals surface area contributed by atoms with Gasteiger partial charge in [-0.3, -0.25) is 9.59 Å². The molecule has 0 radical (unpaired) electrons. The molecule has 0 heterocycles. The SMILES string of the molecule is NC(=O)CNC(=O)COC(=O)c1cc(F)ccc1Br. The van der Waals surface area contributed by atoms with Gasteiger partial charge in [0.05, 0.1) is 12.1 Å². The molecule has 0 atom stereocenters. The van der Waals surface area contributed by atoms with Crippen LogP contribution in [0, 0.1) is 5.82 Å². The van der Waals surface area contributed by atoms with Crippen molar-refractivity contribution >= 4 is 33.7 Å². The topological polar surface area (TPSA) is 98.5 Å². The molecule has 1 aromatic rings. The van der Waals surface area contributed by atoms with Gasteiger partial charge in [-0.15, -0.1) is 0 Å². The smallest absolute Gasteiger partial charge is 0.339 e. The number of nitrogens with one attached hydrogen (secondary N) is 1. The number of hydrogen-bond donors (Lipinski definition) is 2. The molecule has 0 aliphatic carbocycles.